The van der Waals surface area contributed by atoms with Gasteiger partial charge in [-0.3, -0.25) is 9.59 Å². The number of anilines is 1. The average Bonchev–Trinajstić information content (AvgIpc) is 3.25. The van der Waals surface area contributed by atoms with E-state index in [2.05, 4.69) is 4.90 Å². The number of likely N-dealkylation sites (N-methyl/N-ethyl adjacent to an activating group) is 1. The average molecular weight is 447 g/mol. The van der Waals surface area contributed by atoms with E-state index in [0.29, 0.717) is 23.7 Å². The summed E-state index contributed by atoms with van der Waals surface area (Å²) in [5.41, 5.74) is 2.84. The number of hydrogen-bond acceptors (Lipinski definition) is 4. The molecule has 2 heterocycles. The van der Waals surface area contributed by atoms with Gasteiger partial charge >= 0.3 is 6.18 Å². The minimum absolute atomic E-state index is 0.0140. The fourth-order valence-electron chi connectivity index (χ4n) is 4.62. The number of benzene rings is 2. The van der Waals surface area contributed by atoms with E-state index in [4.69, 9.17) is 10.5 Å². The molecule has 170 valence electrons. The molecule has 1 spiro atoms. The van der Waals surface area contributed by atoms with Crippen molar-refractivity contribution in [3.8, 4) is 0 Å². The first-order chi connectivity index (χ1) is 15.1. The molecule has 1 unspecified atom stereocenters. The second-order valence-corrected chi connectivity index (χ2v) is 7.89. The predicted octanol–water partition coefficient (Wildman–Crippen LogP) is 3.27. The van der Waals surface area contributed by atoms with Crippen LogP contribution in [0.4, 0.5) is 18.9 Å². The maximum atomic E-state index is 14.2. The lowest BCUT2D eigenvalue weighted by Gasteiger charge is -2.27. The summed E-state index contributed by atoms with van der Waals surface area (Å²) in [6, 6.07) is 8.77. The number of alkyl halides is 3. The molecule has 2 aromatic carbocycles. The third-order valence-corrected chi connectivity index (χ3v) is 6.27. The Bertz CT molecular complexity index is 1080. The van der Waals surface area contributed by atoms with E-state index in [1.54, 1.807) is 24.3 Å². The molecule has 2 aliphatic heterocycles. The standard InChI is InChI=1S/C23H24F3N3O3/c1-3-28(4-2)9-10-29-18-12-15(20(27)30)11-17(23(24,25)26)19(18)22(21(29)31)16-8-6-5-7-14(16)13-32-22/h5-8,11-12H,3-4,9-10,13H2,1-2H3,(H2,27,30). The lowest BCUT2D eigenvalue weighted by molar-refractivity contribution is -0.144. The lowest BCUT2D eigenvalue weighted by Crippen LogP contribution is -2.44. The Hall–Kier alpha value is -2.91. The maximum absolute atomic E-state index is 14.2. The zero-order valence-electron chi connectivity index (χ0n) is 17.8. The van der Waals surface area contributed by atoms with Crippen LogP contribution in [0, 0.1) is 0 Å². The number of carbonyl (C=O) groups is 2. The Morgan fingerprint density at radius 3 is 2.53 bits per heavy atom. The monoisotopic (exact) mass is 447 g/mol. The van der Waals surface area contributed by atoms with Gasteiger partial charge in [-0.1, -0.05) is 38.1 Å². The van der Waals surface area contributed by atoms with Gasteiger partial charge in [-0.05, 0) is 30.8 Å². The summed E-state index contributed by atoms with van der Waals surface area (Å²) in [6.07, 6.45) is -4.82. The van der Waals surface area contributed by atoms with E-state index in [9.17, 15) is 22.8 Å². The highest BCUT2D eigenvalue weighted by atomic mass is 19.4. The summed E-state index contributed by atoms with van der Waals surface area (Å²) < 4.78 is 48.6. The van der Waals surface area contributed by atoms with Crippen LogP contribution >= 0.6 is 0 Å². The van der Waals surface area contributed by atoms with Crippen molar-refractivity contribution in [3.63, 3.8) is 0 Å². The molecule has 0 fully saturated rings. The van der Waals surface area contributed by atoms with Crippen molar-refractivity contribution in [1.29, 1.82) is 0 Å². The van der Waals surface area contributed by atoms with Crippen molar-refractivity contribution in [1.82, 2.24) is 4.90 Å². The van der Waals surface area contributed by atoms with Crippen LogP contribution in [0.15, 0.2) is 36.4 Å². The van der Waals surface area contributed by atoms with Crippen molar-refractivity contribution in [2.75, 3.05) is 31.1 Å². The fourth-order valence-corrected chi connectivity index (χ4v) is 4.62. The zero-order chi connectivity index (χ0) is 23.3. The van der Waals surface area contributed by atoms with Gasteiger partial charge in [0.1, 0.15) is 0 Å². The van der Waals surface area contributed by atoms with E-state index >= 15 is 0 Å². The van der Waals surface area contributed by atoms with Gasteiger partial charge in [0.2, 0.25) is 11.5 Å². The third-order valence-electron chi connectivity index (χ3n) is 6.27. The SMILES string of the molecule is CCN(CC)CCN1C(=O)C2(OCc3ccccc32)c2c1cc(C(N)=O)cc2C(F)(F)F. The number of ether oxygens (including phenoxy) is 1. The van der Waals surface area contributed by atoms with Gasteiger partial charge in [-0.2, -0.15) is 13.2 Å². The Labute approximate surface area is 183 Å². The van der Waals surface area contributed by atoms with Gasteiger partial charge in [0.15, 0.2) is 0 Å². The number of carbonyl (C=O) groups excluding carboxylic acids is 2. The molecule has 2 aliphatic rings. The molecule has 0 radical (unpaired) electrons. The summed E-state index contributed by atoms with van der Waals surface area (Å²) in [6.45, 7) is 6.01. The molecule has 4 rings (SSSR count). The summed E-state index contributed by atoms with van der Waals surface area (Å²) in [7, 11) is 0. The van der Waals surface area contributed by atoms with Gasteiger partial charge in [-0.25, -0.2) is 0 Å². The first-order valence-corrected chi connectivity index (χ1v) is 10.5. The van der Waals surface area contributed by atoms with E-state index in [0.717, 1.165) is 13.1 Å². The number of amides is 2. The van der Waals surface area contributed by atoms with Crippen molar-refractivity contribution >= 4 is 17.5 Å². The van der Waals surface area contributed by atoms with E-state index < -0.39 is 29.2 Å². The molecule has 32 heavy (non-hydrogen) atoms. The maximum Gasteiger partial charge on any atom is 0.416 e. The number of rotatable bonds is 6. The lowest BCUT2D eigenvalue weighted by atomic mass is 9.83. The van der Waals surface area contributed by atoms with Crippen LogP contribution in [-0.2, 0) is 27.9 Å². The van der Waals surface area contributed by atoms with Gasteiger partial charge in [-0.15, -0.1) is 0 Å². The first kappa shape index (κ1) is 22.3. The summed E-state index contributed by atoms with van der Waals surface area (Å²) in [5.74, 6) is -1.58. The van der Waals surface area contributed by atoms with Crippen LogP contribution in [0.3, 0.4) is 0 Å². The number of fused-ring (bicyclic) bond motifs is 4. The Balaban J connectivity index is 1.97. The number of halogens is 3. The van der Waals surface area contributed by atoms with Crippen molar-refractivity contribution in [3.05, 3.63) is 64.2 Å². The van der Waals surface area contributed by atoms with Crippen LogP contribution in [0.5, 0.6) is 0 Å². The minimum atomic E-state index is -4.82. The fraction of sp³-hybridized carbons (Fsp3) is 0.391. The molecular formula is C23H24F3N3O3. The molecule has 0 aliphatic carbocycles. The van der Waals surface area contributed by atoms with Crippen LogP contribution < -0.4 is 10.6 Å². The highest BCUT2D eigenvalue weighted by Gasteiger charge is 2.60. The third kappa shape index (κ3) is 3.27. The molecule has 0 bridgehead atoms. The van der Waals surface area contributed by atoms with Crippen molar-refractivity contribution < 1.29 is 27.5 Å². The molecule has 2 amide bonds. The Morgan fingerprint density at radius 1 is 1.22 bits per heavy atom. The number of nitrogens with two attached hydrogens (primary N) is 1. The van der Waals surface area contributed by atoms with E-state index in [1.807, 2.05) is 13.8 Å². The Kier molecular flexibility index (Phi) is 5.50. The van der Waals surface area contributed by atoms with Crippen LogP contribution in [0.1, 0.15) is 46.5 Å². The smallest absolute Gasteiger partial charge is 0.366 e. The molecular weight excluding hydrogens is 423 g/mol. The van der Waals surface area contributed by atoms with Gasteiger partial charge in [0.25, 0.3) is 5.91 Å². The second kappa shape index (κ2) is 7.90. The van der Waals surface area contributed by atoms with Crippen LogP contribution in [0.2, 0.25) is 0 Å². The molecule has 1 atom stereocenters. The zero-order valence-corrected chi connectivity index (χ0v) is 17.8. The summed E-state index contributed by atoms with van der Waals surface area (Å²) >= 11 is 0. The predicted molar refractivity (Wildman–Crippen MR) is 112 cm³/mol. The highest BCUT2D eigenvalue weighted by molar-refractivity contribution is 6.11. The van der Waals surface area contributed by atoms with E-state index in [1.165, 1.54) is 11.0 Å². The topological polar surface area (TPSA) is 75.9 Å². The highest BCUT2D eigenvalue weighted by Crippen LogP contribution is 2.55. The molecule has 9 heteroatoms. The number of primary amides is 1. The first-order valence-electron chi connectivity index (χ1n) is 10.5. The molecule has 6 nitrogen and oxygen atoms in total. The van der Waals surface area contributed by atoms with Gasteiger partial charge in [0, 0.05) is 29.8 Å². The second-order valence-electron chi connectivity index (χ2n) is 7.89. The number of nitrogens with zero attached hydrogens (tertiary/aromatic N) is 2. The molecule has 0 aromatic heterocycles. The molecule has 0 saturated heterocycles. The van der Waals surface area contributed by atoms with Gasteiger partial charge < -0.3 is 20.3 Å². The minimum Gasteiger partial charge on any atom is -0.366 e. The molecule has 0 saturated carbocycles. The largest absolute Gasteiger partial charge is 0.416 e. The van der Waals surface area contributed by atoms with Gasteiger partial charge in [0.05, 0.1) is 17.9 Å². The quantitative estimate of drug-likeness (QED) is 0.738. The Morgan fingerprint density at radius 2 is 1.91 bits per heavy atom. The van der Waals surface area contributed by atoms with Crippen LogP contribution in [-0.4, -0.2) is 42.9 Å². The summed E-state index contributed by atoms with van der Waals surface area (Å²) in [5, 5.41) is 0. The van der Waals surface area contributed by atoms with Crippen LogP contribution in [0.25, 0.3) is 0 Å². The normalized spacial score (nSPS) is 19.7. The van der Waals surface area contributed by atoms with Crippen molar-refractivity contribution in [2.45, 2.75) is 32.2 Å². The number of hydrogen-bond donors (Lipinski definition) is 1. The van der Waals surface area contributed by atoms with Crippen molar-refractivity contribution in [2.24, 2.45) is 5.73 Å². The molecule has 2 aromatic rings. The summed E-state index contributed by atoms with van der Waals surface area (Å²) in [4.78, 5) is 29.0. The van der Waals surface area contributed by atoms with E-state index in [-0.39, 0.29) is 30.0 Å². The molecule has 2 N–H and O–H groups in total.